The minimum Gasteiger partial charge on any atom is -0.344 e. The number of rotatable bonds is 5. The van der Waals surface area contributed by atoms with Gasteiger partial charge in [0.2, 0.25) is 11.8 Å². The molecule has 2 atom stereocenters. The van der Waals surface area contributed by atoms with Crippen LogP contribution < -0.4 is 5.32 Å². The molecular formula is C16H23Cl2N3O2. The first-order chi connectivity index (χ1) is 10.5. The van der Waals surface area contributed by atoms with Crippen molar-refractivity contribution in [2.75, 3.05) is 34.2 Å². The van der Waals surface area contributed by atoms with Gasteiger partial charge in [-0.15, -0.1) is 12.4 Å². The number of hydrogen-bond donors (Lipinski definition) is 1. The first kappa shape index (κ1) is 19.7. The van der Waals surface area contributed by atoms with Gasteiger partial charge in [-0.3, -0.25) is 9.59 Å². The molecule has 128 valence electrons. The molecule has 1 aromatic carbocycles. The van der Waals surface area contributed by atoms with E-state index in [0.29, 0.717) is 11.6 Å². The van der Waals surface area contributed by atoms with Crippen LogP contribution >= 0.6 is 24.0 Å². The molecule has 1 saturated heterocycles. The summed E-state index contributed by atoms with van der Waals surface area (Å²) in [6, 6.07) is 7.13. The van der Waals surface area contributed by atoms with Crippen molar-refractivity contribution in [1.29, 1.82) is 0 Å². The zero-order valence-electron chi connectivity index (χ0n) is 13.6. The predicted octanol–water partition coefficient (Wildman–Crippen LogP) is 1.96. The van der Waals surface area contributed by atoms with Crippen LogP contribution in [0, 0.1) is 5.92 Å². The molecule has 1 heterocycles. The Morgan fingerprint density at radius 1 is 1.48 bits per heavy atom. The lowest BCUT2D eigenvalue weighted by molar-refractivity contribution is -0.135. The van der Waals surface area contributed by atoms with Crippen molar-refractivity contribution < 1.29 is 9.59 Å². The lowest BCUT2D eigenvalue weighted by Gasteiger charge is -2.28. The number of likely N-dealkylation sites (tertiary alicyclic amines) is 1. The highest BCUT2D eigenvalue weighted by Gasteiger charge is 2.43. The standard InChI is InChI=1S/C16H22ClN3O2.ClH/c1-18-7-8-19(2)16(22)13-10-14(21)20(3)15(13)11-5-4-6-12(17)9-11;/h4-6,9,13,15,18H,7-8,10H2,1-3H3;1H. The molecule has 1 fully saturated rings. The molecular weight excluding hydrogens is 337 g/mol. The van der Waals surface area contributed by atoms with Crippen molar-refractivity contribution >= 4 is 35.8 Å². The van der Waals surface area contributed by atoms with Gasteiger partial charge in [0.1, 0.15) is 0 Å². The molecule has 7 heteroatoms. The summed E-state index contributed by atoms with van der Waals surface area (Å²) in [5.41, 5.74) is 0.904. The fourth-order valence-electron chi connectivity index (χ4n) is 2.91. The van der Waals surface area contributed by atoms with Gasteiger partial charge < -0.3 is 15.1 Å². The monoisotopic (exact) mass is 359 g/mol. The van der Waals surface area contributed by atoms with Gasteiger partial charge in [-0.25, -0.2) is 0 Å². The van der Waals surface area contributed by atoms with Crippen molar-refractivity contribution in [2.45, 2.75) is 12.5 Å². The van der Waals surface area contributed by atoms with Crippen molar-refractivity contribution in [3.63, 3.8) is 0 Å². The number of likely N-dealkylation sites (N-methyl/N-ethyl adjacent to an activating group) is 2. The summed E-state index contributed by atoms with van der Waals surface area (Å²) in [6.07, 6.45) is 0.246. The normalized spacial score (nSPS) is 20.3. The number of halogens is 2. The minimum absolute atomic E-state index is 0. The smallest absolute Gasteiger partial charge is 0.228 e. The first-order valence-corrected chi connectivity index (χ1v) is 7.74. The summed E-state index contributed by atoms with van der Waals surface area (Å²) >= 11 is 6.06. The summed E-state index contributed by atoms with van der Waals surface area (Å²) in [6.45, 7) is 1.34. The average molecular weight is 360 g/mol. The Kier molecular flexibility index (Phi) is 7.32. The molecule has 1 N–H and O–H groups in total. The van der Waals surface area contributed by atoms with E-state index in [-0.39, 0.29) is 42.6 Å². The van der Waals surface area contributed by atoms with Crippen molar-refractivity contribution in [3.05, 3.63) is 34.9 Å². The Morgan fingerprint density at radius 2 is 2.17 bits per heavy atom. The Morgan fingerprint density at radius 3 is 2.78 bits per heavy atom. The van der Waals surface area contributed by atoms with Crippen molar-refractivity contribution in [3.8, 4) is 0 Å². The number of carbonyl (C=O) groups is 2. The van der Waals surface area contributed by atoms with Crippen LogP contribution in [-0.4, -0.2) is 55.8 Å². The van der Waals surface area contributed by atoms with Crippen LogP contribution in [0.5, 0.6) is 0 Å². The zero-order chi connectivity index (χ0) is 16.3. The molecule has 2 unspecified atom stereocenters. The lowest BCUT2D eigenvalue weighted by atomic mass is 9.92. The third-order valence-corrected chi connectivity index (χ3v) is 4.40. The van der Waals surface area contributed by atoms with Crippen LogP contribution in [0.25, 0.3) is 0 Å². The third-order valence-electron chi connectivity index (χ3n) is 4.17. The molecule has 0 saturated carbocycles. The SMILES string of the molecule is CNCCN(C)C(=O)C1CC(=O)N(C)C1c1cccc(Cl)c1.Cl. The lowest BCUT2D eigenvalue weighted by Crippen LogP contribution is -2.39. The van der Waals surface area contributed by atoms with E-state index in [1.807, 2.05) is 25.2 Å². The molecule has 0 aromatic heterocycles. The number of amides is 2. The second kappa shape index (κ2) is 8.52. The van der Waals surface area contributed by atoms with E-state index in [2.05, 4.69) is 5.32 Å². The van der Waals surface area contributed by atoms with Gasteiger partial charge in [0.25, 0.3) is 0 Å². The Hall–Kier alpha value is -1.30. The molecule has 1 aromatic rings. The zero-order valence-corrected chi connectivity index (χ0v) is 15.2. The second-order valence-electron chi connectivity index (χ2n) is 5.68. The summed E-state index contributed by atoms with van der Waals surface area (Å²) < 4.78 is 0. The minimum atomic E-state index is -0.363. The van der Waals surface area contributed by atoms with Crippen molar-refractivity contribution in [1.82, 2.24) is 15.1 Å². The van der Waals surface area contributed by atoms with Gasteiger partial charge in [-0.2, -0.15) is 0 Å². The van der Waals surface area contributed by atoms with Gasteiger partial charge in [0.05, 0.1) is 12.0 Å². The van der Waals surface area contributed by atoms with Gasteiger partial charge in [-0.1, -0.05) is 23.7 Å². The van der Waals surface area contributed by atoms with Crippen LogP contribution in [0.4, 0.5) is 0 Å². The van der Waals surface area contributed by atoms with E-state index in [4.69, 9.17) is 11.6 Å². The Balaban J connectivity index is 0.00000264. The largest absolute Gasteiger partial charge is 0.344 e. The molecule has 2 rings (SSSR count). The summed E-state index contributed by atoms with van der Waals surface area (Å²) in [5.74, 6) is -0.374. The highest BCUT2D eigenvalue weighted by Crippen LogP contribution is 2.38. The third kappa shape index (κ3) is 4.37. The number of nitrogens with one attached hydrogen (secondary N) is 1. The molecule has 0 radical (unpaired) electrons. The molecule has 23 heavy (non-hydrogen) atoms. The van der Waals surface area contributed by atoms with Gasteiger partial charge >= 0.3 is 0 Å². The van der Waals surface area contributed by atoms with Crippen LogP contribution in [0.1, 0.15) is 18.0 Å². The highest BCUT2D eigenvalue weighted by molar-refractivity contribution is 6.30. The molecule has 0 bridgehead atoms. The van der Waals surface area contributed by atoms with E-state index in [1.165, 1.54) is 0 Å². The van der Waals surface area contributed by atoms with Gasteiger partial charge in [-0.05, 0) is 24.7 Å². The highest BCUT2D eigenvalue weighted by atomic mass is 35.5. The van der Waals surface area contributed by atoms with E-state index in [0.717, 1.165) is 12.1 Å². The number of nitrogens with zero attached hydrogens (tertiary/aromatic N) is 2. The first-order valence-electron chi connectivity index (χ1n) is 7.36. The number of carbonyl (C=O) groups excluding carboxylic acids is 2. The molecule has 2 amide bonds. The second-order valence-corrected chi connectivity index (χ2v) is 6.11. The predicted molar refractivity (Wildman–Crippen MR) is 93.9 cm³/mol. The van der Waals surface area contributed by atoms with Crippen LogP contribution in [0.2, 0.25) is 5.02 Å². The van der Waals surface area contributed by atoms with E-state index < -0.39 is 0 Å². The summed E-state index contributed by atoms with van der Waals surface area (Å²) in [7, 11) is 5.37. The topological polar surface area (TPSA) is 52.7 Å². The molecule has 0 spiro atoms. The molecule has 1 aliphatic rings. The maximum Gasteiger partial charge on any atom is 0.228 e. The van der Waals surface area contributed by atoms with E-state index in [9.17, 15) is 9.59 Å². The maximum absolute atomic E-state index is 12.7. The van der Waals surface area contributed by atoms with Crippen LogP contribution in [0.3, 0.4) is 0 Å². The van der Waals surface area contributed by atoms with Crippen LogP contribution in [0.15, 0.2) is 24.3 Å². The van der Waals surface area contributed by atoms with Crippen molar-refractivity contribution in [2.24, 2.45) is 5.92 Å². The molecule has 1 aliphatic heterocycles. The van der Waals surface area contributed by atoms with Crippen LogP contribution in [-0.2, 0) is 9.59 Å². The average Bonchev–Trinajstić information content (AvgIpc) is 2.79. The molecule has 0 aliphatic carbocycles. The van der Waals surface area contributed by atoms with E-state index in [1.54, 1.807) is 30.0 Å². The fourth-order valence-corrected chi connectivity index (χ4v) is 3.11. The Labute approximate surface area is 148 Å². The summed E-state index contributed by atoms with van der Waals surface area (Å²) in [4.78, 5) is 28.1. The summed E-state index contributed by atoms with van der Waals surface area (Å²) in [5, 5.41) is 3.63. The Bertz CT molecular complexity index is 568. The van der Waals surface area contributed by atoms with Gasteiger partial charge in [0.15, 0.2) is 0 Å². The quantitative estimate of drug-likeness (QED) is 0.874. The molecule has 5 nitrogen and oxygen atoms in total. The van der Waals surface area contributed by atoms with Gasteiger partial charge in [0, 0.05) is 38.6 Å². The number of benzene rings is 1. The van der Waals surface area contributed by atoms with E-state index >= 15 is 0 Å². The maximum atomic E-state index is 12.7. The fraction of sp³-hybridized carbons (Fsp3) is 0.500. The number of hydrogen-bond acceptors (Lipinski definition) is 3.